The molecule has 0 spiro atoms. The number of urea groups is 1. The van der Waals surface area contributed by atoms with E-state index in [0.717, 1.165) is 18.2 Å². The van der Waals surface area contributed by atoms with Crippen molar-refractivity contribution in [1.29, 1.82) is 0 Å². The normalized spacial score (nSPS) is 20.4. The Hall–Kier alpha value is -2.61. The topological polar surface area (TPSA) is 66.5 Å². The van der Waals surface area contributed by atoms with Crippen molar-refractivity contribution in [3.8, 4) is 0 Å². The van der Waals surface area contributed by atoms with Gasteiger partial charge in [-0.1, -0.05) is 6.07 Å². The van der Waals surface area contributed by atoms with Gasteiger partial charge in [-0.2, -0.15) is 0 Å². The average molecular weight is 350 g/mol. The van der Waals surface area contributed by atoms with Crippen LogP contribution in [-0.4, -0.2) is 29.2 Å². The fourth-order valence-corrected chi connectivity index (χ4v) is 3.22. The molecule has 24 heavy (non-hydrogen) atoms. The number of hydrogen-bond acceptors (Lipinski definition) is 4. The van der Waals surface area contributed by atoms with Crippen LogP contribution in [0.1, 0.15) is 22.2 Å². The molecule has 1 N–H and O–H groups in total. The molecule has 3 amide bonds. The molecule has 1 atom stereocenters. The van der Waals surface area contributed by atoms with Gasteiger partial charge in [0, 0.05) is 5.56 Å². The van der Waals surface area contributed by atoms with E-state index in [0.29, 0.717) is 9.78 Å². The van der Waals surface area contributed by atoms with Crippen LogP contribution in [0.4, 0.5) is 13.6 Å². The van der Waals surface area contributed by atoms with Crippen LogP contribution in [-0.2, 0) is 10.3 Å². The molecule has 0 saturated carbocycles. The fraction of sp³-hybridized carbons (Fsp3) is 0.188. The number of imide groups is 1. The summed E-state index contributed by atoms with van der Waals surface area (Å²) in [5.41, 5.74) is -2.05. The standard InChI is InChI=1S/C16H12F2N2O3S/c1-16(10-7-9(17)4-5-11(10)18)14(22)20(15(23)19-16)8-12(21)13-3-2-6-24-13/h2-7H,8H2,1H3,(H,19,23)/t16-/m0/s1. The maximum Gasteiger partial charge on any atom is 0.325 e. The Morgan fingerprint density at radius 3 is 2.71 bits per heavy atom. The summed E-state index contributed by atoms with van der Waals surface area (Å²) >= 11 is 1.19. The Balaban J connectivity index is 1.91. The zero-order valence-corrected chi connectivity index (χ0v) is 13.3. The van der Waals surface area contributed by atoms with Crippen LogP contribution in [0, 0.1) is 11.6 Å². The molecular weight excluding hydrogens is 338 g/mol. The Morgan fingerprint density at radius 1 is 1.29 bits per heavy atom. The fourth-order valence-electron chi connectivity index (χ4n) is 2.56. The summed E-state index contributed by atoms with van der Waals surface area (Å²) in [6.07, 6.45) is 0. The molecule has 1 aliphatic rings. The molecule has 124 valence electrons. The van der Waals surface area contributed by atoms with E-state index in [1.807, 2.05) is 0 Å². The van der Waals surface area contributed by atoms with E-state index in [2.05, 4.69) is 5.32 Å². The van der Waals surface area contributed by atoms with Crippen LogP contribution < -0.4 is 5.32 Å². The van der Waals surface area contributed by atoms with Crippen molar-refractivity contribution >= 4 is 29.1 Å². The van der Waals surface area contributed by atoms with Crippen LogP contribution in [0.2, 0.25) is 0 Å². The van der Waals surface area contributed by atoms with E-state index in [9.17, 15) is 23.2 Å². The van der Waals surface area contributed by atoms with Crippen LogP contribution in [0.5, 0.6) is 0 Å². The highest BCUT2D eigenvalue weighted by Crippen LogP contribution is 2.31. The predicted octanol–water partition coefficient (Wildman–Crippen LogP) is 2.68. The Kier molecular flexibility index (Phi) is 3.92. The third kappa shape index (κ3) is 2.58. The van der Waals surface area contributed by atoms with Crippen molar-refractivity contribution < 1.29 is 23.2 Å². The minimum absolute atomic E-state index is 0.285. The van der Waals surface area contributed by atoms with Crippen molar-refractivity contribution in [1.82, 2.24) is 10.2 Å². The summed E-state index contributed by atoms with van der Waals surface area (Å²) in [5, 5.41) is 4.05. The molecule has 3 rings (SSSR count). The molecule has 5 nitrogen and oxygen atoms in total. The number of nitrogens with zero attached hydrogens (tertiary/aromatic N) is 1. The Morgan fingerprint density at radius 2 is 2.04 bits per heavy atom. The summed E-state index contributed by atoms with van der Waals surface area (Å²) < 4.78 is 27.5. The van der Waals surface area contributed by atoms with E-state index >= 15 is 0 Å². The second-order valence-electron chi connectivity index (χ2n) is 5.47. The predicted molar refractivity (Wildman–Crippen MR) is 82.6 cm³/mol. The van der Waals surface area contributed by atoms with Crippen LogP contribution >= 0.6 is 11.3 Å². The van der Waals surface area contributed by atoms with Crippen molar-refractivity contribution in [2.45, 2.75) is 12.5 Å². The molecule has 0 bridgehead atoms. The largest absolute Gasteiger partial charge is 0.325 e. The van der Waals surface area contributed by atoms with Gasteiger partial charge in [0.2, 0.25) is 0 Å². The molecule has 8 heteroatoms. The van der Waals surface area contributed by atoms with Crippen molar-refractivity contribution in [3.63, 3.8) is 0 Å². The number of halogens is 2. The summed E-state index contributed by atoms with van der Waals surface area (Å²) in [7, 11) is 0. The molecule has 2 heterocycles. The summed E-state index contributed by atoms with van der Waals surface area (Å²) in [4.78, 5) is 38.0. The molecule has 0 unspecified atom stereocenters. The highest BCUT2D eigenvalue weighted by Gasteiger charge is 2.50. The molecule has 1 fully saturated rings. The number of hydrogen-bond donors (Lipinski definition) is 1. The first-order chi connectivity index (χ1) is 11.3. The summed E-state index contributed by atoms with van der Waals surface area (Å²) in [5.74, 6) is -2.76. The third-order valence-electron chi connectivity index (χ3n) is 3.84. The van der Waals surface area contributed by atoms with Crippen LogP contribution in [0.25, 0.3) is 0 Å². The van der Waals surface area contributed by atoms with E-state index < -0.39 is 41.4 Å². The number of ketones is 1. The Bertz CT molecular complexity index is 838. The van der Waals surface area contributed by atoms with Crippen LogP contribution in [0.3, 0.4) is 0 Å². The average Bonchev–Trinajstić information content (AvgIpc) is 3.14. The van der Waals surface area contributed by atoms with Gasteiger partial charge >= 0.3 is 6.03 Å². The number of amides is 3. The lowest BCUT2D eigenvalue weighted by atomic mass is 9.91. The SMILES string of the molecule is C[C@@]1(c2cc(F)ccc2F)NC(=O)N(CC(=O)c2cccs2)C1=O. The molecule has 0 radical (unpaired) electrons. The highest BCUT2D eigenvalue weighted by atomic mass is 32.1. The van der Waals surface area contributed by atoms with Gasteiger partial charge in [-0.15, -0.1) is 11.3 Å². The first kappa shape index (κ1) is 16.3. The first-order valence-electron chi connectivity index (χ1n) is 6.99. The van der Waals surface area contributed by atoms with Gasteiger partial charge in [0.05, 0.1) is 11.4 Å². The quantitative estimate of drug-likeness (QED) is 0.681. The second kappa shape index (κ2) is 5.79. The molecule has 1 aromatic carbocycles. The number of Topliss-reactive ketones (excluding diaryl/α,β-unsaturated/α-hetero) is 1. The minimum Gasteiger partial charge on any atom is -0.319 e. The number of rotatable bonds is 4. The highest BCUT2D eigenvalue weighted by molar-refractivity contribution is 7.12. The van der Waals surface area contributed by atoms with Gasteiger partial charge in [-0.25, -0.2) is 13.6 Å². The number of nitrogens with one attached hydrogen (secondary N) is 1. The minimum atomic E-state index is -1.76. The maximum atomic E-state index is 14.0. The monoisotopic (exact) mass is 350 g/mol. The number of carbonyl (C=O) groups excluding carboxylic acids is 3. The maximum absolute atomic E-state index is 14.0. The van der Waals surface area contributed by atoms with E-state index in [1.54, 1.807) is 17.5 Å². The second-order valence-corrected chi connectivity index (χ2v) is 6.42. The molecular formula is C16H12F2N2O3S. The van der Waals surface area contributed by atoms with Crippen molar-refractivity contribution in [2.24, 2.45) is 0 Å². The summed E-state index contributed by atoms with van der Waals surface area (Å²) in [6, 6.07) is 5.09. The smallest absolute Gasteiger partial charge is 0.319 e. The van der Waals surface area contributed by atoms with Gasteiger partial charge in [0.1, 0.15) is 17.2 Å². The lowest BCUT2D eigenvalue weighted by Crippen LogP contribution is -2.42. The van der Waals surface area contributed by atoms with E-state index in [-0.39, 0.29) is 5.56 Å². The zero-order chi connectivity index (χ0) is 17.5. The van der Waals surface area contributed by atoms with Gasteiger partial charge in [-0.05, 0) is 36.6 Å². The molecule has 1 aromatic heterocycles. The van der Waals surface area contributed by atoms with Crippen LogP contribution in [0.15, 0.2) is 35.7 Å². The zero-order valence-electron chi connectivity index (χ0n) is 12.5. The van der Waals surface area contributed by atoms with E-state index in [1.165, 1.54) is 18.3 Å². The van der Waals surface area contributed by atoms with Gasteiger partial charge in [0.15, 0.2) is 5.78 Å². The Labute approximate surface area is 139 Å². The lowest BCUT2D eigenvalue weighted by Gasteiger charge is -2.22. The van der Waals surface area contributed by atoms with Crippen molar-refractivity contribution in [3.05, 3.63) is 57.8 Å². The molecule has 1 aliphatic heterocycles. The van der Waals surface area contributed by atoms with Crippen molar-refractivity contribution in [2.75, 3.05) is 6.54 Å². The molecule has 0 aliphatic carbocycles. The number of carbonyl (C=O) groups is 3. The lowest BCUT2D eigenvalue weighted by molar-refractivity contribution is -0.130. The van der Waals surface area contributed by atoms with E-state index in [4.69, 9.17) is 0 Å². The molecule has 2 aromatic rings. The number of benzene rings is 1. The summed E-state index contributed by atoms with van der Waals surface area (Å²) in [6.45, 7) is 0.818. The van der Waals surface area contributed by atoms with Gasteiger partial charge in [-0.3, -0.25) is 14.5 Å². The van der Waals surface area contributed by atoms with Gasteiger partial charge in [0.25, 0.3) is 5.91 Å². The first-order valence-corrected chi connectivity index (χ1v) is 7.87. The molecule has 1 saturated heterocycles. The third-order valence-corrected chi connectivity index (χ3v) is 4.75. The van der Waals surface area contributed by atoms with Gasteiger partial charge < -0.3 is 5.32 Å². The number of thiophene rings is 1.